The van der Waals surface area contributed by atoms with Crippen molar-refractivity contribution in [2.75, 3.05) is 0 Å². The first-order chi connectivity index (χ1) is 5.11. The Morgan fingerprint density at radius 2 is 2.00 bits per heavy atom. The fourth-order valence-electron chi connectivity index (χ4n) is 1.76. The van der Waals surface area contributed by atoms with Crippen LogP contribution in [0.1, 0.15) is 40.0 Å². The zero-order valence-electron chi connectivity index (χ0n) is 7.76. The fraction of sp³-hybridized carbons (Fsp3) is 0.900. The van der Waals surface area contributed by atoms with Gasteiger partial charge in [-0.3, -0.25) is 4.79 Å². The van der Waals surface area contributed by atoms with Crippen LogP contribution in [0.15, 0.2) is 0 Å². The van der Waals surface area contributed by atoms with Gasteiger partial charge in [0.25, 0.3) is 0 Å². The van der Waals surface area contributed by atoms with Crippen molar-refractivity contribution < 1.29 is 4.79 Å². The first kappa shape index (κ1) is 8.76. The molecule has 0 saturated heterocycles. The smallest absolute Gasteiger partial charge is 0.135 e. The lowest BCUT2D eigenvalue weighted by Crippen LogP contribution is -2.25. The summed E-state index contributed by atoms with van der Waals surface area (Å²) in [6.45, 7) is 6.49. The third-order valence-corrected chi connectivity index (χ3v) is 2.93. The quantitative estimate of drug-likeness (QED) is 0.567. The summed E-state index contributed by atoms with van der Waals surface area (Å²) in [6, 6.07) is 0. The SMILES string of the molecule is CC(C)C1CC[C@H](C)C(=O)C1. The van der Waals surface area contributed by atoms with Gasteiger partial charge in [0.2, 0.25) is 0 Å². The Balaban J connectivity index is 2.46. The molecule has 0 heterocycles. The molecule has 0 N–H and O–H groups in total. The maximum Gasteiger partial charge on any atom is 0.135 e. The summed E-state index contributed by atoms with van der Waals surface area (Å²) >= 11 is 0. The monoisotopic (exact) mass is 154 g/mol. The minimum Gasteiger partial charge on any atom is -0.299 e. The molecular formula is C10H18O. The summed E-state index contributed by atoms with van der Waals surface area (Å²) < 4.78 is 0. The summed E-state index contributed by atoms with van der Waals surface area (Å²) in [5, 5.41) is 0. The lowest BCUT2D eigenvalue weighted by atomic mass is 9.77. The van der Waals surface area contributed by atoms with Crippen molar-refractivity contribution in [1.29, 1.82) is 0 Å². The van der Waals surface area contributed by atoms with Crippen molar-refractivity contribution in [1.82, 2.24) is 0 Å². The fourth-order valence-corrected chi connectivity index (χ4v) is 1.76. The van der Waals surface area contributed by atoms with Crippen LogP contribution in [0.25, 0.3) is 0 Å². The highest BCUT2D eigenvalue weighted by atomic mass is 16.1. The van der Waals surface area contributed by atoms with Crippen LogP contribution in [0.2, 0.25) is 0 Å². The van der Waals surface area contributed by atoms with Crippen LogP contribution in [0.5, 0.6) is 0 Å². The number of Topliss-reactive ketones (excluding diaryl/α,β-unsaturated/α-hetero) is 1. The van der Waals surface area contributed by atoms with Crippen molar-refractivity contribution >= 4 is 5.78 Å². The van der Waals surface area contributed by atoms with Gasteiger partial charge in [-0.15, -0.1) is 0 Å². The van der Waals surface area contributed by atoms with Gasteiger partial charge in [-0.25, -0.2) is 0 Å². The topological polar surface area (TPSA) is 17.1 Å². The molecule has 11 heavy (non-hydrogen) atoms. The molecule has 0 aromatic rings. The molecule has 2 atom stereocenters. The van der Waals surface area contributed by atoms with Crippen molar-refractivity contribution in [3.8, 4) is 0 Å². The molecule has 1 rings (SSSR count). The Morgan fingerprint density at radius 3 is 2.45 bits per heavy atom. The van der Waals surface area contributed by atoms with E-state index in [0.29, 0.717) is 23.5 Å². The van der Waals surface area contributed by atoms with Gasteiger partial charge < -0.3 is 0 Å². The number of carbonyl (C=O) groups excluding carboxylic acids is 1. The minimum atomic E-state index is 0.338. The van der Waals surface area contributed by atoms with Crippen molar-refractivity contribution in [2.45, 2.75) is 40.0 Å². The predicted octanol–water partition coefficient (Wildman–Crippen LogP) is 2.65. The zero-order chi connectivity index (χ0) is 8.43. The van der Waals surface area contributed by atoms with Gasteiger partial charge in [0.1, 0.15) is 5.78 Å². The molecule has 0 aromatic carbocycles. The second kappa shape index (κ2) is 3.38. The Bertz CT molecular complexity index is 149. The highest BCUT2D eigenvalue weighted by molar-refractivity contribution is 5.81. The molecule has 0 bridgehead atoms. The molecule has 1 aliphatic rings. The van der Waals surface area contributed by atoms with Crippen LogP contribution < -0.4 is 0 Å². The van der Waals surface area contributed by atoms with Gasteiger partial charge in [-0.2, -0.15) is 0 Å². The van der Waals surface area contributed by atoms with E-state index >= 15 is 0 Å². The summed E-state index contributed by atoms with van der Waals surface area (Å²) in [6.07, 6.45) is 3.20. The van der Waals surface area contributed by atoms with E-state index in [1.54, 1.807) is 0 Å². The highest BCUT2D eigenvalue weighted by Gasteiger charge is 2.26. The molecule has 1 nitrogen and oxygen atoms in total. The van der Waals surface area contributed by atoms with Crippen molar-refractivity contribution in [2.24, 2.45) is 17.8 Å². The first-order valence-electron chi connectivity index (χ1n) is 4.64. The second-order valence-corrected chi connectivity index (χ2v) is 4.15. The molecule has 1 saturated carbocycles. The van der Waals surface area contributed by atoms with Crippen LogP contribution in [0, 0.1) is 17.8 Å². The Kier molecular flexibility index (Phi) is 2.69. The lowest BCUT2D eigenvalue weighted by Gasteiger charge is -2.27. The molecule has 0 spiro atoms. The van der Waals surface area contributed by atoms with Crippen molar-refractivity contribution in [3.63, 3.8) is 0 Å². The zero-order valence-corrected chi connectivity index (χ0v) is 7.76. The average molecular weight is 154 g/mol. The van der Waals surface area contributed by atoms with E-state index in [1.165, 1.54) is 6.42 Å². The summed E-state index contributed by atoms with van der Waals surface area (Å²) in [5.41, 5.74) is 0. The maximum absolute atomic E-state index is 11.3. The maximum atomic E-state index is 11.3. The van der Waals surface area contributed by atoms with E-state index in [9.17, 15) is 4.79 Å². The Labute approximate surface area is 69.2 Å². The van der Waals surface area contributed by atoms with E-state index in [2.05, 4.69) is 20.8 Å². The van der Waals surface area contributed by atoms with E-state index in [1.807, 2.05) is 0 Å². The molecule has 64 valence electrons. The van der Waals surface area contributed by atoms with E-state index < -0.39 is 0 Å². The van der Waals surface area contributed by atoms with Gasteiger partial charge >= 0.3 is 0 Å². The van der Waals surface area contributed by atoms with Crippen LogP contribution in [-0.2, 0) is 4.79 Å². The number of carbonyl (C=O) groups is 1. The predicted molar refractivity (Wildman–Crippen MR) is 46.4 cm³/mol. The molecule has 1 heteroatoms. The van der Waals surface area contributed by atoms with Gasteiger partial charge in [-0.05, 0) is 24.7 Å². The first-order valence-corrected chi connectivity index (χ1v) is 4.64. The van der Waals surface area contributed by atoms with Crippen molar-refractivity contribution in [3.05, 3.63) is 0 Å². The normalized spacial score (nSPS) is 32.9. The van der Waals surface area contributed by atoms with E-state index in [0.717, 1.165) is 12.8 Å². The number of hydrogen-bond donors (Lipinski definition) is 0. The highest BCUT2D eigenvalue weighted by Crippen LogP contribution is 2.30. The number of rotatable bonds is 1. The Morgan fingerprint density at radius 1 is 1.36 bits per heavy atom. The van der Waals surface area contributed by atoms with E-state index in [4.69, 9.17) is 0 Å². The molecule has 1 fully saturated rings. The molecule has 0 aliphatic heterocycles. The van der Waals surface area contributed by atoms with Gasteiger partial charge in [0.05, 0.1) is 0 Å². The van der Waals surface area contributed by atoms with Crippen LogP contribution >= 0.6 is 0 Å². The van der Waals surface area contributed by atoms with Crippen LogP contribution in [0.4, 0.5) is 0 Å². The molecule has 1 unspecified atom stereocenters. The average Bonchev–Trinajstić information content (AvgIpc) is 1.94. The second-order valence-electron chi connectivity index (χ2n) is 4.15. The van der Waals surface area contributed by atoms with Crippen LogP contribution in [0.3, 0.4) is 0 Å². The summed E-state index contributed by atoms with van der Waals surface area (Å²) in [4.78, 5) is 11.3. The third-order valence-electron chi connectivity index (χ3n) is 2.93. The molecule has 0 aromatic heterocycles. The number of hydrogen-bond acceptors (Lipinski definition) is 1. The molecular weight excluding hydrogens is 136 g/mol. The summed E-state index contributed by atoms with van der Waals surface area (Å²) in [7, 11) is 0. The lowest BCUT2D eigenvalue weighted by molar-refractivity contribution is -0.125. The molecule has 0 radical (unpaired) electrons. The number of ketones is 1. The van der Waals surface area contributed by atoms with Gasteiger partial charge in [0.15, 0.2) is 0 Å². The van der Waals surface area contributed by atoms with E-state index in [-0.39, 0.29) is 0 Å². The molecule has 0 amide bonds. The van der Waals surface area contributed by atoms with Crippen LogP contribution in [-0.4, -0.2) is 5.78 Å². The third kappa shape index (κ3) is 2.05. The Hall–Kier alpha value is -0.330. The minimum absolute atomic E-state index is 0.338. The summed E-state index contributed by atoms with van der Waals surface area (Å²) in [5.74, 6) is 2.17. The van der Waals surface area contributed by atoms with Gasteiger partial charge in [-0.1, -0.05) is 20.8 Å². The molecule has 1 aliphatic carbocycles. The largest absolute Gasteiger partial charge is 0.299 e. The van der Waals surface area contributed by atoms with Gasteiger partial charge in [0, 0.05) is 12.3 Å². The standard InChI is InChI=1S/C10H18O/c1-7(2)9-5-4-8(3)10(11)6-9/h7-9H,4-6H2,1-3H3/t8-,9?/m0/s1.